The minimum Gasteiger partial charge on any atom is -0.507 e. The molecule has 0 bridgehead atoms. The molecule has 0 saturated heterocycles. The molecule has 0 fully saturated rings. The van der Waals surface area contributed by atoms with Crippen molar-refractivity contribution in [2.45, 2.75) is 33.1 Å². The Balaban J connectivity index is 0.000000248. The van der Waals surface area contributed by atoms with Crippen LogP contribution in [0.4, 0.5) is 10.5 Å². The highest BCUT2D eigenvalue weighted by Gasteiger charge is 2.13. The lowest BCUT2D eigenvalue weighted by molar-refractivity contribution is 0.103. The molecular formula is C25H27NO4. The third kappa shape index (κ3) is 7.09. The van der Waals surface area contributed by atoms with Gasteiger partial charge in [0.25, 0.3) is 0 Å². The van der Waals surface area contributed by atoms with Gasteiger partial charge in [0.2, 0.25) is 0 Å². The van der Waals surface area contributed by atoms with Gasteiger partial charge in [-0.25, -0.2) is 4.79 Å². The van der Waals surface area contributed by atoms with Crippen molar-refractivity contribution >= 4 is 17.6 Å². The highest BCUT2D eigenvalue weighted by molar-refractivity contribution is 6.10. The van der Waals surface area contributed by atoms with Gasteiger partial charge in [0, 0.05) is 11.3 Å². The molecule has 3 N–H and O–H groups in total. The molecule has 0 spiro atoms. The Hall–Kier alpha value is -3.60. The summed E-state index contributed by atoms with van der Waals surface area (Å²) in [7, 11) is 0. The van der Waals surface area contributed by atoms with Crippen LogP contribution in [0.1, 0.15) is 46.8 Å². The van der Waals surface area contributed by atoms with Crippen LogP contribution in [-0.2, 0) is 6.42 Å². The number of carboxylic acid groups (broad SMARTS) is 1. The summed E-state index contributed by atoms with van der Waals surface area (Å²) in [4.78, 5) is 22.4. The van der Waals surface area contributed by atoms with Crippen molar-refractivity contribution in [3.8, 4) is 5.75 Å². The third-order valence-corrected chi connectivity index (χ3v) is 4.46. The minimum atomic E-state index is -1.03. The highest BCUT2D eigenvalue weighted by Crippen LogP contribution is 2.23. The van der Waals surface area contributed by atoms with Crippen LogP contribution >= 0.6 is 0 Å². The maximum absolute atomic E-state index is 12.2. The SMILES string of the molecule is CCCCc1ccc(C(=O)c2ccccc2)c(O)c1.Cc1ccc(NC(=O)O)cc1. The van der Waals surface area contributed by atoms with Gasteiger partial charge in [0.05, 0.1) is 5.56 Å². The molecule has 0 heterocycles. The van der Waals surface area contributed by atoms with Crippen molar-refractivity contribution in [1.82, 2.24) is 0 Å². The standard InChI is InChI=1S/C17H18O2.C8H9NO2/c1-2-3-7-13-10-11-15(16(18)12-13)17(19)14-8-5-4-6-9-14;1-6-2-4-7(5-3-6)9-8(10)11/h4-6,8-12,18H,2-3,7H2,1H3;2-5,9H,1H3,(H,10,11). The molecule has 0 radical (unpaired) electrons. The van der Waals surface area contributed by atoms with E-state index < -0.39 is 6.09 Å². The number of nitrogens with one attached hydrogen (secondary N) is 1. The number of anilines is 1. The Morgan fingerprint density at radius 2 is 1.60 bits per heavy atom. The van der Waals surface area contributed by atoms with Gasteiger partial charge in [-0.05, 0) is 49.6 Å². The van der Waals surface area contributed by atoms with Crippen molar-refractivity contribution in [2.24, 2.45) is 0 Å². The van der Waals surface area contributed by atoms with Crippen LogP contribution < -0.4 is 5.32 Å². The molecule has 3 aromatic rings. The normalized spacial score (nSPS) is 9.93. The number of ketones is 1. The molecule has 0 unspecified atom stereocenters. The van der Waals surface area contributed by atoms with Gasteiger partial charge in [0.15, 0.2) is 5.78 Å². The molecule has 30 heavy (non-hydrogen) atoms. The Morgan fingerprint density at radius 1 is 0.933 bits per heavy atom. The van der Waals surface area contributed by atoms with Gasteiger partial charge >= 0.3 is 6.09 Å². The summed E-state index contributed by atoms with van der Waals surface area (Å²) in [6.07, 6.45) is 2.11. The van der Waals surface area contributed by atoms with E-state index in [0.717, 1.165) is 30.4 Å². The van der Waals surface area contributed by atoms with Gasteiger partial charge in [-0.3, -0.25) is 10.1 Å². The first-order chi connectivity index (χ1) is 14.4. The zero-order valence-corrected chi connectivity index (χ0v) is 17.3. The first kappa shape index (κ1) is 22.7. The van der Waals surface area contributed by atoms with Crippen molar-refractivity contribution in [3.05, 3.63) is 95.1 Å². The Bertz CT molecular complexity index is 966. The summed E-state index contributed by atoms with van der Waals surface area (Å²) in [6.45, 7) is 4.08. The van der Waals surface area contributed by atoms with Crippen LogP contribution in [0.15, 0.2) is 72.8 Å². The second-order valence-corrected chi connectivity index (χ2v) is 6.95. The Kier molecular flexibility index (Phi) is 8.63. The topological polar surface area (TPSA) is 86.6 Å². The summed E-state index contributed by atoms with van der Waals surface area (Å²) in [5, 5.41) is 20.6. The van der Waals surface area contributed by atoms with E-state index in [1.807, 2.05) is 43.3 Å². The van der Waals surface area contributed by atoms with E-state index in [2.05, 4.69) is 12.2 Å². The average Bonchev–Trinajstić information content (AvgIpc) is 2.74. The van der Waals surface area contributed by atoms with Gasteiger partial charge in [-0.15, -0.1) is 0 Å². The maximum Gasteiger partial charge on any atom is 0.409 e. The molecule has 1 amide bonds. The number of benzene rings is 3. The Morgan fingerprint density at radius 3 is 2.17 bits per heavy atom. The predicted molar refractivity (Wildman–Crippen MR) is 119 cm³/mol. The number of hydrogen-bond donors (Lipinski definition) is 3. The molecular weight excluding hydrogens is 378 g/mol. The molecule has 5 heteroatoms. The van der Waals surface area contributed by atoms with Crippen LogP contribution in [0.3, 0.4) is 0 Å². The molecule has 3 rings (SSSR count). The van der Waals surface area contributed by atoms with E-state index in [1.165, 1.54) is 0 Å². The molecule has 156 valence electrons. The molecule has 0 aromatic heterocycles. The summed E-state index contributed by atoms with van der Waals surface area (Å²) in [5.41, 5.74) is 3.75. The number of amides is 1. The van der Waals surface area contributed by atoms with Crippen LogP contribution in [-0.4, -0.2) is 22.1 Å². The number of hydrogen-bond acceptors (Lipinski definition) is 3. The van der Waals surface area contributed by atoms with E-state index in [4.69, 9.17) is 5.11 Å². The second kappa shape index (κ2) is 11.4. The molecule has 3 aromatic carbocycles. The summed E-state index contributed by atoms with van der Waals surface area (Å²) < 4.78 is 0. The summed E-state index contributed by atoms with van der Waals surface area (Å²) in [6, 6.07) is 21.5. The van der Waals surface area contributed by atoms with Gasteiger partial charge in [-0.1, -0.05) is 67.4 Å². The first-order valence-corrected chi connectivity index (χ1v) is 9.89. The van der Waals surface area contributed by atoms with E-state index in [-0.39, 0.29) is 11.5 Å². The number of aryl methyl sites for hydroxylation is 2. The molecule has 0 atom stereocenters. The smallest absolute Gasteiger partial charge is 0.409 e. The fourth-order valence-corrected chi connectivity index (χ4v) is 2.81. The van der Waals surface area contributed by atoms with Crippen LogP contribution in [0.5, 0.6) is 5.75 Å². The third-order valence-electron chi connectivity index (χ3n) is 4.46. The van der Waals surface area contributed by atoms with Crippen LogP contribution in [0.25, 0.3) is 0 Å². The Labute approximate surface area is 177 Å². The fraction of sp³-hybridized carbons (Fsp3) is 0.200. The van der Waals surface area contributed by atoms with Crippen molar-refractivity contribution in [2.75, 3.05) is 5.32 Å². The number of aromatic hydroxyl groups is 1. The number of carbonyl (C=O) groups is 2. The number of phenols is 1. The van der Waals surface area contributed by atoms with Crippen LogP contribution in [0.2, 0.25) is 0 Å². The number of carbonyl (C=O) groups excluding carboxylic acids is 1. The van der Waals surface area contributed by atoms with E-state index in [1.54, 1.807) is 36.4 Å². The van der Waals surface area contributed by atoms with Crippen molar-refractivity contribution < 1.29 is 19.8 Å². The predicted octanol–water partition coefficient (Wildman–Crippen LogP) is 6.05. The monoisotopic (exact) mass is 405 g/mol. The van der Waals surface area contributed by atoms with Gasteiger partial charge in [0.1, 0.15) is 5.75 Å². The zero-order valence-electron chi connectivity index (χ0n) is 17.3. The number of rotatable bonds is 6. The average molecular weight is 405 g/mol. The lowest BCUT2D eigenvalue weighted by atomic mass is 9.99. The molecule has 0 aliphatic carbocycles. The molecule has 5 nitrogen and oxygen atoms in total. The zero-order chi connectivity index (χ0) is 21.9. The van der Waals surface area contributed by atoms with E-state index >= 15 is 0 Å². The molecule has 0 saturated carbocycles. The van der Waals surface area contributed by atoms with Gasteiger partial charge in [-0.2, -0.15) is 0 Å². The van der Waals surface area contributed by atoms with E-state index in [0.29, 0.717) is 16.8 Å². The second-order valence-electron chi connectivity index (χ2n) is 6.95. The summed E-state index contributed by atoms with van der Waals surface area (Å²) >= 11 is 0. The van der Waals surface area contributed by atoms with E-state index in [9.17, 15) is 14.7 Å². The summed E-state index contributed by atoms with van der Waals surface area (Å²) in [5.74, 6) is -0.0670. The minimum absolute atomic E-state index is 0.0717. The lowest BCUT2D eigenvalue weighted by Crippen LogP contribution is -2.06. The van der Waals surface area contributed by atoms with Gasteiger partial charge < -0.3 is 10.2 Å². The molecule has 0 aliphatic heterocycles. The highest BCUT2D eigenvalue weighted by atomic mass is 16.4. The number of unbranched alkanes of at least 4 members (excludes halogenated alkanes) is 1. The number of phenolic OH excluding ortho intramolecular Hbond substituents is 1. The van der Waals surface area contributed by atoms with Crippen LogP contribution in [0, 0.1) is 6.92 Å². The lowest BCUT2D eigenvalue weighted by Gasteiger charge is -2.06. The first-order valence-electron chi connectivity index (χ1n) is 9.89. The van der Waals surface area contributed by atoms with Crippen molar-refractivity contribution in [3.63, 3.8) is 0 Å². The maximum atomic E-state index is 12.2. The quantitative estimate of drug-likeness (QED) is 0.436. The fourth-order valence-electron chi connectivity index (χ4n) is 2.81. The van der Waals surface area contributed by atoms with Crippen molar-refractivity contribution in [1.29, 1.82) is 0 Å². The molecule has 0 aliphatic rings. The largest absolute Gasteiger partial charge is 0.507 e.